The second-order valence-electron chi connectivity index (χ2n) is 5.60. The Morgan fingerprint density at radius 2 is 1.68 bits per heavy atom. The summed E-state index contributed by atoms with van der Waals surface area (Å²) in [5, 5.41) is 2.76. The molecule has 0 bridgehead atoms. The molecular formula is C18H19F3N2O2. The first-order valence-corrected chi connectivity index (χ1v) is 7.66. The summed E-state index contributed by atoms with van der Waals surface area (Å²) in [7, 11) is 1.78. The van der Waals surface area contributed by atoms with Crippen molar-refractivity contribution < 1.29 is 22.7 Å². The Hall–Kier alpha value is -2.54. The van der Waals surface area contributed by atoms with Gasteiger partial charge in [0.25, 0.3) is 0 Å². The number of carbonyl (C=O) groups excluding carboxylic acids is 1. The van der Waals surface area contributed by atoms with Crippen LogP contribution in [0, 0.1) is 5.82 Å². The topological polar surface area (TPSA) is 41.6 Å². The maximum Gasteiger partial charge on any atom is 0.387 e. The normalized spacial score (nSPS) is 11.0. The number of nitrogens with zero attached hydrogens (tertiary/aromatic N) is 1. The fraction of sp³-hybridized carbons (Fsp3) is 0.278. The van der Waals surface area contributed by atoms with Crippen LogP contribution in [-0.4, -0.2) is 31.0 Å². The molecule has 0 radical (unpaired) electrons. The molecule has 0 saturated heterocycles. The number of hydrogen-bond acceptors (Lipinski definition) is 3. The van der Waals surface area contributed by atoms with Crippen molar-refractivity contribution in [3.8, 4) is 5.75 Å². The molecule has 2 rings (SSSR count). The molecule has 0 heterocycles. The predicted molar refractivity (Wildman–Crippen MR) is 87.7 cm³/mol. The van der Waals surface area contributed by atoms with E-state index in [-0.39, 0.29) is 24.0 Å². The lowest BCUT2D eigenvalue weighted by Crippen LogP contribution is -2.34. The van der Waals surface area contributed by atoms with Crippen LogP contribution in [0.5, 0.6) is 5.75 Å². The van der Waals surface area contributed by atoms with Gasteiger partial charge in [-0.05, 0) is 42.4 Å². The highest BCUT2D eigenvalue weighted by Gasteiger charge is 2.08. The van der Waals surface area contributed by atoms with Crippen molar-refractivity contribution in [1.29, 1.82) is 0 Å². The number of alkyl halides is 2. The Kier molecular flexibility index (Phi) is 6.82. The van der Waals surface area contributed by atoms with E-state index in [1.54, 1.807) is 36.2 Å². The average molecular weight is 352 g/mol. The highest BCUT2D eigenvalue weighted by Crippen LogP contribution is 2.15. The van der Waals surface area contributed by atoms with E-state index in [0.717, 1.165) is 11.1 Å². The quantitative estimate of drug-likeness (QED) is 0.793. The summed E-state index contributed by atoms with van der Waals surface area (Å²) in [6.45, 7) is -1.86. The van der Waals surface area contributed by atoms with E-state index in [1.165, 1.54) is 24.3 Å². The van der Waals surface area contributed by atoms with Gasteiger partial charge in [0.05, 0.1) is 6.54 Å². The molecule has 0 aromatic heterocycles. The molecule has 2 aromatic rings. The number of amides is 1. The maximum atomic E-state index is 12.8. The Balaban J connectivity index is 1.76. The highest BCUT2D eigenvalue weighted by molar-refractivity contribution is 5.77. The molecule has 0 saturated carbocycles. The van der Waals surface area contributed by atoms with Gasteiger partial charge in [0.2, 0.25) is 5.91 Å². The molecule has 0 aliphatic rings. The van der Waals surface area contributed by atoms with Crippen LogP contribution in [0.2, 0.25) is 0 Å². The van der Waals surface area contributed by atoms with Gasteiger partial charge in [-0.2, -0.15) is 8.78 Å². The van der Waals surface area contributed by atoms with Gasteiger partial charge >= 0.3 is 6.61 Å². The van der Waals surface area contributed by atoms with Crippen LogP contribution in [0.4, 0.5) is 13.2 Å². The van der Waals surface area contributed by atoms with E-state index in [4.69, 9.17) is 0 Å². The van der Waals surface area contributed by atoms with Crippen molar-refractivity contribution in [2.24, 2.45) is 0 Å². The van der Waals surface area contributed by atoms with E-state index in [2.05, 4.69) is 10.1 Å². The summed E-state index contributed by atoms with van der Waals surface area (Å²) in [5.41, 5.74) is 1.68. The second-order valence-corrected chi connectivity index (χ2v) is 5.60. The minimum Gasteiger partial charge on any atom is -0.435 e. The average Bonchev–Trinajstić information content (AvgIpc) is 2.55. The molecule has 25 heavy (non-hydrogen) atoms. The first-order chi connectivity index (χ1) is 11.9. The number of rotatable bonds is 8. The van der Waals surface area contributed by atoms with Gasteiger partial charge in [-0.3, -0.25) is 9.69 Å². The van der Waals surface area contributed by atoms with Crippen LogP contribution in [0.15, 0.2) is 48.5 Å². The molecule has 7 heteroatoms. The first kappa shape index (κ1) is 18.8. The Bertz CT molecular complexity index is 676. The number of ether oxygens (including phenoxy) is 1. The molecule has 0 fully saturated rings. The number of halogens is 3. The molecule has 134 valence electrons. The number of nitrogens with one attached hydrogen (secondary N) is 1. The minimum absolute atomic E-state index is 0.0958. The largest absolute Gasteiger partial charge is 0.435 e. The lowest BCUT2D eigenvalue weighted by Gasteiger charge is -2.16. The monoisotopic (exact) mass is 352 g/mol. The predicted octanol–water partition coefficient (Wildman–Crippen LogP) is 3.18. The third-order valence-corrected chi connectivity index (χ3v) is 3.42. The molecule has 4 nitrogen and oxygen atoms in total. The molecule has 0 aliphatic carbocycles. The third-order valence-electron chi connectivity index (χ3n) is 3.42. The van der Waals surface area contributed by atoms with Crippen molar-refractivity contribution in [2.45, 2.75) is 19.7 Å². The summed E-state index contributed by atoms with van der Waals surface area (Å²) >= 11 is 0. The Morgan fingerprint density at radius 3 is 2.28 bits per heavy atom. The van der Waals surface area contributed by atoms with Crippen LogP contribution in [-0.2, 0) is 17.9 Å². The Morgan fingerprint density at radius 1 is 1.08 bits per heavy atom. The summed E-state index contributed by atoms with van der Waals surface area (Å²) in [6.07, 6.45) is 0. The zero-order valence-electron chi connectivity index (χ0n) is 13.7. The molecule has 0 unspecified atom stereocenters. The van der Waals surface area contributed by atoms with Crippen molar-refractivity contribution in [3.63, 3.8) is 0 Å². The third kappa shape index (κ3) is 6.84. The standard InChI is InChI=1S/C18H19F3N2O2/c1-23(11-14-4-8-16(9-5-14)25-18(20)21)12-17(24)22-10-13-2-6-15(19)7-3-13/h2-9,18H,10-12H2,1H3,(H,22,24). The van der Waals surface area contributed by atoms with Crippen molar-refractivity contribution in [2.75, 3.05) is 13.6 Å². The SMILES string of the molecule is CN(CC(=O)NCc1ccc(F)cc1)Cc1ccc(OC(F)F)cc1. The van der Waals surface area contributed by atoms with E-state index in [0.29, 0.717) is 13.1 Å². The summed E-state index contributed by atoms with van der Waals surface area (Å²) < 4.78 is 41.3. The van der Waals surface area contributed by atoms with Gasteiger partial charge in [-0.1, -0.05) is 24.3 Å². The van der Waals surface area contributed by atoms with E-state index < -0.39 is 6.61 Å². The van der Waals surface area contributed by atoms with Gasteiger partial charge < -0.3 is 10.1 Å². The molecule has 1 N–H and O–H groups in total. The molecule has 0 aliphatic heterocycles. The van der Waals surface area contributed by atoms with Crippen molar-refractivity contribution >= 4 is 5.91 Å². The zero-order chi connectivity index (χ0) is 18.2. The highest BCUT2D eigenvalue weighted by atomic mass is 19.3. The molecular weight excluding hydrogens is 333 g/mol. The van der Waals surface area contributed by atoms with Crippen LogP contribution in [0.25, 0.3) is 0 Å². The van der Waals surface area contributed by atoms with Crippen molar-refractivity contribution in [1.82, 2.24) is 10.2 Å². The van der Waals surface area contributed by atoms with E-state index in [1.807, 2.05) is 0 Å². The molecule has 0 atom stereocenters. The lowest BCUT2D eigenvalue weighted by atomic mass is 10.2. The van der Waals surface area contributed by atoms with E-state index in [9.17, 15) is 18.0 Å². The smallest absolute Gasteiger partial charge is 0.387 e. The number of hydrogen-bond donors (Lipinski definition) is 1. The fourth-order valence-corrected chi connectivity index (χ4v) is 2.25. The molecule has 1 amide bonds. The van der Waals surface area contributed by atoms with Crippen molar-refractivity contribution in [3.05, 3.63) is 65.5 Å². The first-order valence-electron chi connectivity index (χ1n) is 7.66. The fourth-order valence-electron chi connectivity index (χ4n) is 2.25. The van der Waals surface area contributed by atoms with Gasteiger partial charge in [0.1, 0.15) is 11.6 Å². The number of likely N-dealkylation sites (N-methyl/N-ethyl adjacent to an activating group) is 1. The summed E-state index contributed by atoms with van der Waals surface area (Å²) in [5.74, 6) is -0.386. The van der Waals surface area contributed by atoms with E-state index >= 15 is 0 Å². The molecule has 0 spiro atoms. The second kappa shape index (κ2) is 9.08. The van der Waals surface area contributed by atoms with Gasteiger partial charge in [0, 0.05) is 13.1 Å². The minimum atomic E-state index is -2.85. The Labute approximate surface area is 144 Å². The maximum absolute atomic E-state index is 12.8. The van der Waals surface area contributed by atoms with Gasteiger partial charge in [0.15, 0.2) is 0 Å². The lowest BCUT2D eigenvalue weighted by molar-refractivity contribution is -0.122. The number of carbonyl (C=O) groups is 1. The van der Waals surface area contributed by atoms with Gasteiger partial charge in [-0.15, -0.1) is 0 Å². The summed E-state index contributed by atoms with van der Waals surface area (Å²) in [4.78, 5) is 13.7. The van der Waals surface area contributed by atoms with Crippen LogP contribution < -0.4 is 10.1 Å². The van der Waals surface area contributed by atoms with Gasteiger partial charge in [-0.25, -0.2) is 4.39 Å². The van der Waals surface area contributed by atoms with Crippen LogP contribution in [0.1, 0.15) is 11.1 Å². The van der Waals surface area contributed by atoms with Crippen LogP contribution >= 0.6 is 0 Å². The summed E-state index contributed by atoms with van der Waals surface area (Å²) in [6, 6.07) is 12.2. The molecule has 2 aromatic carbocycles. The van der Waals surface area contributed by atoms with Crippen LogP contribution in [0.3, 0.4) is 0 Å². The number of benzene rings is 2. The zero-order valence-corrected chi connectivity index (χ0v) is 13.7.